The Bertz CT molecular complexity index is 1370. The molecule has 7 nitrogen and oxygen atoms in total. The summed E-state index contributed by atoms with van der Waals surface area (Å²) in [5, 5.41) is 2.76. The van der Waals surface area contributed by atoms with Crippen LogP contribution in [0.5, 0.6) is 0 Å². The monoisotopic (exact) mass is 599 g/mol. The third-order valence-corrected chi connectivity index (χ3v) is 8.48. The third kappa shape index (κ3) is 7.23. The topological polar surface area (TPSA) is 86.8 Å². The van der Waals surface area contributed by atoms with Crippen LogP contribution in [-0.2, 0) is 26.2 Å². The highest BCUT2D eigenvalue weighted by atomic mass is 79.9. The van der Waals surface area contributed by atoms with Gasteiger partial charge in [0.05, 0.1) is 10.6 Å². The van der Waals surface area contributed by atoms with E-state index < -0.39 is 28.5 Å². The van der Waals surface area contributed by atoms with E-state index >= 15 is 0 Å². The number of amides is 2. The molecular weight excluding hydrogens is 566 g/mol. The number of nitrogens with one attached hydrogen (secondary N) is 1. The van der Waals surface area contributed by atoms with Crippen LogP contribution in [0.15, 0.2) is 76.1 Å². The van der Waals surface area contributed by atoms with Crippen molar-refractivity contribution in [3.63, 3.8) is 0 Å². The van der Waals surface area contributed by atoms with Crippen LogP contribution in [-0.4, -0.2) is 44.3 Å². The smallest absolute Gasteiger partial charge is 0.264 e. The highest BCUT2D eigenvalue weighted by Crippen LogP contribution is 2.27. The number of hydrogen-bond acceptors (Lipinski definition) is 4. The number of aryl methyl sites for hydroxylation is 3. The Hall–Kier alpha value is -3.17. The van der Waals surface area contributed by atoms with Gasteiger partial charge in [0.1, 0.15) is 12.6 Å². The average Bonchev–Trinajstić information content (AvgIpc) is 2.86. The van der Waals surface area contributed by atoms with Gasteiger partial charge in [0.15, 0.2) is 0 Å². The summed E-state index contributed by atoms with van der Waals surface area (Å²) in [6, 6.07) is 18.6. The van der Waals surface area contributed by atoms with Gasteiger partial charge in [-0.15, -0.1) is 0 Å². The molecule has 1 N–H and O–H groups in total. The van der Waals surface area contributed by atoms with E-state index in [9.17, 15) is 18.0 Å². The van der Waals surface area contributed by atoms with Gasteiger partial charge in [-0.2, -0.15) is 0 Å². The number of sulfonamides is 1. The SMILES string of the molecule is CCNC(=O)C(C)N(Cc1ccc(Br)cc1)C(=O)CN(c1cc(C)cc(C)c1)S(=O)(=O)c1ccc(C)cc1. The Kier molecular flexibility index (Phi) is 9.73. The maximum absolute atomic E-state index is 13.9. The van der Waals surface area contributed by atoms with Crippen LogP contribution in [0.2, 0.25) is 0 Å². The fourth-order valence-corrected chi connectivity index (χ4v) is 5.81. The number of carbonyl (C=O) groups is 2. The van der Waals surface area contributed by atoms with Gasteiger partial charge >= 0.3 is 0 Å². The van der Waals surface area contributed by atoms with Crippen molar-refractivity contribution in [2.75, 3.05) is 17.4 Å². The first-order valence-electron chi connectivity index (χ1n) is 12.4. The lowest BCUT2D eigenvalue weighted by Crippen LogP contribution is -2.51. The molecule has 0 saturated heterocycles. The predicted molar refractivity (Wildman–Crippen MR) is 154 cm³/mol. The Morgan fingerprint density at radius 2 is 1.47 bits per heavy atom. The Morgan fingerprint density at radius 1 is 0.895 bits per heavy atom. The van der Waals surface area contributed by atoms with Crippen molar-refractivity contribution in [3.05, 3.63) is 93.5 Å². The molecule has 0 spiro atoms. The zero-order valence-corrected chi connectivity index (χ0v) is 24.8. The van der Waals surface area contributed by atoms with Crippen molar-refractivity contribution in [2.24, 2.45) is 0 Å². The van der Waals surface area contributed by atoms with Crippen LogP contribution in [0.3, 0.4) is 0 Å². The molecule has 202 valence electrons. The molecule has 0 fully saturated rings. The van der Waals surface area contributed by atoms with Crippen LogP contribution < -0.4 is 9.62 Å². The standard InChI is InChI=1S/C29H34BrN3O4S/c1-6-31-29(35)23(5)32(18-24-9-11-25(30)12-10-24)28(34)19-33(26-16-21(3)15-22(4)17-26)38(36,37)27-13-7-20(2)8-14-27/h7-17,23H,6,18-19H2,1-5H3,(H,31,35). The highest BCUT2D eigenvalue weighted by molar-refractivity contribution is 9.10. The first-order chi connectivity index (χ1) is 17.9. The minimum atomic E-state index is -4.09. The molecule has 3 rings (SSSR count). The van der Waals surface area contributed by atoms with Gasteiger partial charge in [-0.1, -0.05) is 51.8 Å². The molecule has 3 aromatic carbocycles. The highest BCUT2D eigenvalue weighted by Gasteiger charge is 2.32. The molecule has 0 heterocycles. The maximum atomic E-state index is 13.9. The fraction of sp³-hybridized carbons (Fsp3) is 0.310. The lowest BCUT2D eigenvalue weighted by Gasteiger charge is -2.32. The van der Waals surface area contributed by atoms with Crippen molar-refractivity contribution in [2.45, 2.75) is 52.1 Å². The zero-order chi connectivity index (χ0) is 28.0. The van der Waals surface area contributed by atoms with Crippen molar-refractivity contribution >= 4 is 43.5 Å². The van der Waals surface area contributed by atoms with Crippen LogP contribution >= 0.6 is 15.9 Å². The van der Waals surface area contributed by atoms with E-state index in [1.54, 1.807) is 43.3 Å². The van der Waals surface area contributed by atoms with Crippen LogP contribution in [0, 0.1) is 20.8 Å². The van der Waals surface area contributed by atoms with Gasteiger partial charge in [0.2, 0.25) is 11.8 Å². The van der Waals surface area contributed by atoms with Crippen LogP contribution in [0.25, 0.3) is 0 Å². The van der Waals surface area contributed by atoms with Gasteiger partial charge in [0.25, 0.3) is 10.0 Å². The Balaban J connectivity index is 2.06. The number of halogens is 1. The number of anilines is 1. The van der Waals surface area contributed by atoms with E-state index in [1.165, 1.54) is 4.90 Å². The fourth-order valence-electron chi connectivity index (χ4n) is 4.15. The number of likely N-dealkylation sites (N-methyl/N-ethyl adjacent to an activating group) is 1. The zero-order valence-electron chi connectivity index (χ0n) is 22.4. The normalized spacial score (nSPS) is 12.1. The lowest BCUT2D eigenvalue weighted by atomic mass is 10.1. The molecule has 1 atom stereocenters. The summed E-state index contributed by atoms with van der Waals surface area (Å²) in [6.45, 7) is 9.20. The molecule has 2 amide bonds. The molecule has 1 unspecified atom stereocenters. The summed E-state index contributed by atoms with van der Waals surface area (Å²) < 4.78 is 29.8. The summed E-state index contributed by atoms with van der Waals surface area (Å²) >= 11 is 3.41. The van der Waals surface area contributed by atoms with Crippen LogP contribution in [0.1, 0.15) is 36.1 Å². The number of nitrogens with zero attached hydrogens (tertiary/aromatic N) is 2. The van der Waals surface area contributed by atoms with E-state index in [-0.39, 0.29) is 17.3 Å². The van der Waals surface area contributed by atoms with E-state index in [0.717, 1.165) is 31.0 Å². The number of benzene rings is 3. The first-order valence-corrected chi connectivity index (χ1v) is 14.6. The molecule has 9 heteroatoms. The second-order valence-corrected chi connectivity index (χ2v) is 12.2. The minimum Gasteiger partial charge on any atom is -0.355 e. The van der Waals surface area contributed by atoms with E-state index in [0.29, 0.717) is 12.2 Å². The van der Waals surface area contributed by atoms with E-state index in [4.69, 9.17) is 0 Å². The van der Waals surface area contributed by atoms with Crippen LogP contribution in [0.4, 0.5) is 5.69 Å². The van der Waals surface area contributed by atoms with Gasteiger partial charge in [-0.25, -0.2) is 8.42 Å². The molecule has 0 aliphatic rings. The first kappa shape index (κ1) is 29.4. The Labute approximate surface area is 234 Å². The second kappa shape index (κ2) is 12.6. The summed E-state index contributed by atoms with van der Waals surface area (Å²) in [7, 11) is -4.09. The quantitative estimate of drug-likeness (QED) is 0.350. The molecule has 3 aromatic rings. The summed E-state index contributed by atoms with van der Waals surface area (Å²) in [5.74, 6) is -0.793. The predicted octanol–water partition coefficient (Wildman–Crippen LogP) is 5.12. The number of rotatable bonds is 10. The van der Waals surface area contributed by atoms with Gasteiger partial charge in [0, 0.05) is 17.6 Å². The van der Waals surface area contributed by atoms with Gasteiger partial charge in [-0.05, 0) is 87.7 Å². The molecule has 38 heavy (non-hydrogen) atoms. The third-order valence-electron chi connectivity index (χ3n) is 6.17. The summed E-state index contributed by atoms with van der Waals surface area (Å²) in [6.07, 6.45) is 0. The van der Waals surface area contributed by atoms with Crippen molar-refractivity contribution in [1.29, 1.82) is 0 Å². The molecular formula is C29H34BrN3O4S. The van der Waals surface area contributed by atoms with Crippen molar-refractivity contribution < 1.29 is 18.0 Å². The molecule has 0 aliphatic carbocycles. The average molecular weight is 601 g/mol. The minimum absolute atomic E-state index is 0.0892. The summed E-state index contributed by atoms with van der Waals surface area (Å²) in [4.78, 5) is 28.2. The largest absolute Gasteiger partial charge is 0.355 e. The van der Waals surface area contributed by atoms with Crippen molar-refractivity contribution in [3.8, 4) is 0 Å². The lowest BCUT2D eigenvalue weighted by molar-refractivity contribution is -0.139. The molecule has 0 radical (unpaired) electrons. The van der Waals surface area contributed by atoms with Gasteiger partial charge in [-0.3, -0.25) is 13.9 Å². The van der Waals surface area contributed by atoms with Crippen molar-refractivity contribution in [1.82, 2.24) is 10.2 Å². The van der Waals surface area contributed by atoms with E-state index in [1.807, 2.05) is 58.0 Å². The Morgan fingerprint density at radius 3 is 2.03 bits per heavy atom. The van der Waals surface area contributed by atoms with E-state index in [2.05, 4.69) is 21.2 Å². The number of hydrogen-bond donors (Lipinski definition) is 1. The molecule has 0 aromatic heterocycles. The molecule has 0 saturated carbocycles. The maximum Gasteiger partial charge on any atom is 0.264 e. The molecule has 0 aliphatic heterocycles. The van der Waals surface area contributed by atoms with Gasteiger partial charge < -0.3 is 10.2 Å². The number of carbonyl (C=O) groups excluding carboxylic acids is 2. The second-order valence-electron chi connectivity index (χ2n) is 9.39. The molecule has 0 bridgehead atoms. The summed E-state index contributed by atoms with van der Waals surface area (Å²) in [5.41, 5.74) is 3.88.